The van der Waals surface area contributed by atoms with Gasteiger partial charge in [-0.05, 0) is 39.2 Å². The van der Waals surface area contributed by atoms with E-state index in [0.29, 0.717) is 12.1 Å². The minimum atomic E-state index is -0.275. The van der Waals surface area contributed by atoms with Crippen molar-refractivity contribution in [3.8, 4) is 6.07 Å². The van der Waals surface area contributed by atoms with Gasteiger partial charge in [-0.1, -0.05) is 0 Å². The van der Waals surface area contributed by atoms with Crippen LogP contribution in [0.3, 0.4) is 0 Å². The lowest BCUT2D eigenvalue weighted by Crippen LogP contribution is -2.45. The quantitative estimate of drug-likeness (QED) is 0.799. The average Bonchev–Trinajstić information content (AvgIpc) is 2.84. The first-order valence-electron chi connectivity index (χ1n) is 6.60. The third kappa shape index (κ3) is 2.62. The molecule has 1 saturated carbocycles. The molecule has 1 N–H and O–H groups in total. The minimum Gasteiger partial charge on any atom is -0.381 e. The highest BCUT2D eigenvalue weighted by Gasteiger charge is 2.41. The maximum atomic E-state index is 9.26. The summed E-state index contributed by atoms with van der Waals surface area (Å²) >= 11 is 0. The van der Waals surface area contributed by atoms with Gasteiger partial charge in [-0.15, -0.1) is 0 Å². The van der Waals surface area contributed by atoms with Crippen molar-refractivity contribution in [3.63, 3.8) is 0 Å². The summed E-state index contributed by atoms with van der Waals surface area (Å²) in [6.07, 6.45) is 5.80. The summed E-state index contributed by atoms with van der Waals surface area (Å²) in [5.74, 6) is 0. The molecule has 1 aliphatic heterocycles. The number of hydrogen-bond donors (Lipinski definition) is 1. The molecule has 2 unspecified atom stereocenters. The summed E-state index contributed by atoms with van der Waals surface area (Å²) in [5.41, 5.74) is -0.275. The van der Waals surface area contributed by atoms with E-state index in [1.165, 1.54) is 0 Å². The van der Waals surface area contributed by atoms with Gasteiger partial charge in [0.1, 0.15) is 5.54 Å². The number of ether oxygens (including phenoxy) is 1. The van der Waals surface area contributed by atoms with Crippen LogP contribution in [-0.4, -0.2) is 49.8 Å². The van der Waals surface area contributed by atoms with Crippen molar-refractivity contribution in [1.82, 2.24) is 10.2 Å². The molecule has 0 bridgehead atoms. The molecule has 4 heteroatoms. The van der Waals surface area contributed by atoms with Crippen molar-refractivity contribution in [2.75, 3.05) is 27.2 Å². The molecular weight excluding hydrogens is 214 g/mol. The maximum Gasteiger partial charge on any atom is 0.108 e. The molecule has 0 aromatic carbocycles. The first kappa shape index (κ1) is 12.8. The van der Waals surface area contributed by atoms with Crippen LogP contribution < -0.4 is 5.32 Å². The molecule has 1 saturated heterocycles. The maximum absolute atomic E-state index is 9.26. The third-order valence-electron chi connectivity index (χ3n) is 4.51. The van der Waals surface area contributed by atoms with Crippen molar-refractivity contribution in [1.29, 1.82) is 5.26 Å². The fourth-order valence-electron chi connectivity index (χ4n) is 3.19. The lowest BCUT2D eigenvalue weighted by molar-refractivity contribution is 0.0274. The van der Waals surface area contributed by atoms with Crippen LogP contribution in [0, 0.1) is 11.3 Å². The highest BCUT2D eigenvalue weighted by atomic mass is 16.5. The zero-order valence-corrected chi connectivity index (χ0v) is 10.9. The van der Waals surface area contributed by atoms with Crippen molar-refractivity contribution in [2.24, 2.45) is 0 Å². The van der Waals surface area contributed by atoms with Gasteiger partial charge in [-0.3, -0.25) is 0 Å². The van der Waals surface area contributed by atoms with Gasteiger partial charge in [0.2, 0.25) is 0 Å². The smallest absolute Gasteiger partial charge is 0.108 e. The van der Waals surface area contributed by atoms with E-state index in [-0.39, 0.29) is 5.54 Å². The van der Waals surface area contributed by atoms with E-state index in [1.54, 1.807) is 7.11 Å². The largest absolute Gasteiger partial charge is 0.381 e. The number of piperidine rings is 1. The van der Waals surface area contributed by atoms with Crippen LogP contribution >= 0.6 is 0 Å². The van der Waals surface area contributed by atoms with Crippen LogP contribution in [0.15, 0.2) is 0 Å². The van der Waals surface area contributed by atoms with Gasteiger partial charge in [0.25, 0.3) is 0 Å². The van der Waals surface area contributed by atoms with Gasteiger partial charge in [0.15, 0.2) is 0 Å². The highest BCUT2D eigenvalue weighted by Crippen LogP contribution is 2.33. The number of likely N-dealkylation sites (tertiary alicyclic amines) is 1. The van der Waals surface area contributed by atoms with Crippen molar-refractivity contribution < 1.29 is 4.74 Å². The normalized spacial score (nSPS) is 35.9. The van der Waals surface area contributed by atoms with E-state index in [4.69, 9.17) is 4.74 Å². The summed E-state index contributed by atoms with van der Waals surface area (Å²) in [6.45, 7) is 2.24. The van der Waals surface area contributed by atoms with E-state index in [9.17, 15) is 5.26 Å². The molecule has 0 radical (unpaired) electrons. The molecule has 96 valence electrons. The van der Waals surface area contributed by atoms with Gasteiger partial charge in [0.05, 0.1) is 12.2 Å². The Labute approximate surface area is 104 Å². The molecular formula is C13H23N3O. The summed E-state index contributed by atoms with van der Waals surface area (Å²) in [4.78, 5) is 2.55. The SMILES string of the molecule is CNC1(C#N)CCC(N2CCC(OC)CC2)C1. The van der Waals surface area contributed by atoms with Crippen LogP contribution in [0.1, 0.15) is 32.1 Å². The van der Waals surface area contributed by atoms with Gasteiger partial charge < -0.3 is 15.0 Å². The Kier molecular flexibility index (Phi) is 4.03. The molecule has 17 heavy (non-hydrogen) atoms. The molecule has 0 aromatic rings. The van der Waals surface area contributed by atoms with Crippen molar-refractivity contribution in [3.05, 3.63) is 0 Å². The summed E-state index contributed by atoms with van der Waals surface area (Å²) < 4.78 is 5.39. The molecule has 4 nitrogen and oxygen atoms in total. The highest BCUT2D eigenvalue weighted by molar-refractivity contribution is 5.13. The summed E-state index contributed by atoms with van der Waals surface area (Å²) in [7, 11) is 3.71. The van der Waals surface area contributed by atoms with Gasteiger partial charge >= 0.3 is 0 Å². The Morgan fingerprint density at radius 2 is 2.06 bits per heavy atom. The Morgan fingerprint density at radius 1 is 1.35 bits per heavy atom. The Bertz CT molecular complexity index is 294. The number of rotatable bonds is 3. The molecule has 2 rings (SSSR count). The second-order valence-electron chi connectivity index (χ2n) is 5.31. The van der Waals surface area contributed by atoms with Gasteiger partial charge in [-0.25, -0.2) is 0 Å². The zero-order chi connectivity index (χ0) is 12.3. The van der Waals surface area contributed by atoms with Gasteiger partial charge in [0, 0.05) is 26.2 Å². The fourth-order valence-corrected chi connectivity index (χ4v) is 3.19. The van der Waals surface area contributed by atoms with E-state index < -0.39 is 0 Å². The van der Waals surface area contributed by atoms with E-state index in [0.717, 1.165) is 45.2 Å². The Hall–Kier alpha value is -0.630. The molecule has 1 heterocycles. The number of nitriles is 1. The summed E-state index contributed by atoms with van der Waals surface area (Å²) in [5, 5.41) is 12.5. The first-order valence-corrected chi connectivity index (χ1v) is 6.60. The third-order valence-corrected chi connectivity index (χ3v) is 4.51. The second kappa shape index (κ2) is 5.34. The standard InChI is InChI=1S/C13H23N3O/c1-15-13(10-14)6-3-11(9-13)16-7-4-12(17-2)5-8-16/h11-12,15H,3-9H2,1-2H3. The molecule has 1 aliphatic carbocycles. The monoisotopic (exact) mass is 237 g/mol. The molecule has 2 fully saturated rings. The number of nitrogens with one attached hydrogen (secondary N) is 1. The molecule has 0 spiro atoms. The van der Waals surface area contributed by atoms with E-state index >= 15 is 0 Å². The average molecular weight is 237 g/mol. The zero-order valence-electron chi connectivity index (χ0n) is 10.9. The number of nitrogens with zero attached hydrogens (tertiary/aromatic N) is 2. The van der Waals surface area contributed by atoms with E-state index in [1.807, 2.05) is 7.05 Å². The molecule has 2 aliphatic rings. The lowest BCUT2D eigenvalue weighted by Gasteiger charge is -2.35. The fraction of sp³-hybridized carbons (Fsp3) is 0.923. The van der Waals surface area contributed by atoms with Crippen LogP contribution in [-0.2, 0) is 4.74 Å². The number of methoxy groups -OCH3 is 1. The predicted molar refractivity (Wildman–Crippen MR) is 66.6 cm³/mol. The molecule has 0 aromatic heterocycles. The minimum absolute atomic E-state index is 0.275. The molecule has 0 amide bonds. The Balaban J connectivity index is 1.88. The number of hydrogen-bond acceptors (Lipinski definition) is 4. The van der Waals surface area contributed by atoms with Crippen molar-refractivity contribution in [2.45, 2.75) is 49.8 Å². The van der Waals surface area contributed by atoms with Crippen LogP contribution in [0.5, 0.6) is 0 Å². The second-order valence-corrected chi connectivity index (χ2v) is 5.31. The van der Waals surface area contributed by atoms with E-state index in [2.05, 4.69) is 16.3 Å². The molecule has 2 atom stereocenters. The van der Waals surface area contributed by atoms with Crippen LogP contribution in [0.2, 0.25) is 0 Å². The topological polar surface area (TPSA) is 48.3 Å². The predicted octanol–water partition coefficient (Wildman–Crippen LogP) is 1.13. The van der Waals surface area contributed by atoms with Crippen LogP contribution in [0.4, 0.5) is 0 Å². The van der Waals surface area contributed by atoms with Crippen molar-refractivity contribution >= 4 is 0 Å². The Morgan fingerprint density at radius 3 is 2.53 bits per heavy atom. The first-order chi connectivity index (χ1) is 8.23. The van der Waals surface area contributed by atoms with Gasteiger partial charge in [-0.2, -0.15) is 5.26 Å². The van der Waals surface area contributed by atoms with Crippen LogP contribution in [0.25, 0.3) is 0 Å². The lowest BCUT2D eigenvalue weighted by atomic mass is 9.99. The summed E-state index contributed by atoms with van der Waals surface area (Å²) in [6, 6.07) is 3.04.